The first-order chi connectivity index (χ1) is 16.2. The van der Waals surface area contributed by atoms with E-state index in [0.717, 1.165) is 24.3 Å². The molecule has 0 unspecified atom stereocenters. The van der Waals surface area contributed by atoms with E-state index in [1.165, 1.54) is 37.4 Å². The number of amides is 1. The number of sulfonamides is 1. The van der Waals surface area contributed by atoms with E-state index in [1.807, 2.05) is 0 Å². The van der Waals surface area contributed by atoms with Crippen molar-refractivity contribution in [2.75, 3.05) is 7.11 Å². The van der Waals surface area contributed by atoms with Crippen molar-refractivity contribution in [3.05, 3.63) is 105 Å². The summed E-state index contributed by atoms with van der Waals surface area (Å²) in [6.45, 7) is 0. The van der Waals surface area contributed by atoms with Crippen LogP contribution >= 0.6 is 11.6 Å². The molecule has 0 fully saturated rings. The number of nitrogens with zero attached hydrogens (tertiary/aromatic N) is 2. The molecule has 0 radical (unpaired) electrons. The number of halogens is 1. The van der Waals surface area contributed by atoms with Gasteiger partial charge in [0.15, 0.2) is 0 Å². The lowest BCUT2D eigenvalue weighted by Crippen LogP contribution is -2.48. The van der Waals surface area contributed by atoms with Crippen LogP contribution in [0.1, 0.15) is 33.4 Å². The number of non-ortho nitro benzene ring substituents is 1. The van der Waals surface area contributed by atoms with Gasteiger partial charge in [0.1, 0.15) is 5.92 Å². The molecule has 4 rings (SSSR count). The summed E-state index contributed by atoms with van der Waals surface area (Å²) in [5.41, 5.74) is 0.396. The van der Waals surface area contributed by atoms with Crippen LogP contribution in [0.4, 0.5) is 5.69 Å². The first-order valence-corrected chi connectivity index (χ1v) is 11.7. The lowest BCUT2D eigenvalue weighted by molar-refractivity contribution is -0.384. The van der Waals surface area contributed by atoms with E-state index in [4.69, 9.17) is 16.3 Å². The minimum absolute atomic E-state index is 0.0357. The minimum Gasteiger partial charge on any atom is -0.468 e. The topological polar surface area (TPSA) is 124 Å². The van der Waals surface area contributed by atoms with Crippen LogP contribution in [0.15, 0.2) is 77.7 Å². The van der Waals surface area contributed by atoms with E-state index in [1.54, 1.807) is 18.2 Å². The lowest BCUT2D eigenvalue weighted by Gasteiger charge is -2.40. The second-order valence-electron chi connectivity index (χ2n) is 7.44. The second-order valence-corrected chi connectivity index (χ2v) is 9.69. The second kappa shape index (κ2) is 8.88. The summed E-state index contributed by atoms with van der Waals surface area (Å²) in [6, 6.07) is 15.2. The molecule has 3 aromatic carbocycles. The van der Waals surface area contributed by atoms with Crippen molar-refractivity contribution in [1.82, 2.24) is 4.31 Å². The summed E-state index contributed by atoms with van der Waals surface area (Å²) in [5, 5.41) is 11.4. The first kappa shape index (κ1) is 23.4. The van der Waals surface area contributed by atoms with E-state index in [-0.39, 0.29) is 16.1 Å². The van der Waals surface area contributed by atoms with Crippen molar-refractivity contribution >= 4 is 39.2 Å². The number of fused-ring (bicyclic) bond motifs is 1. The van der Waals surface area contributed by atoms with Gasteiger partial charge in [0.05, 0.1) is 23.0 Å². The Morgan fingerprint density at radius 1 is 1.03 bits per heavy atom. The van der Waals surface area contributed by atoms with Crippen molar-refractivity contribution in [2.45, 2.75) is 16.9 Å². The Hall–Kier alpha value is -3.76. The van der Waals surface area contributed by atoms with Crippen LogP contribution in [0.3, 0.4) is 0 Å². The van der Waals surface area contributed by atoms with Crippen LogP contribution in [0.25, 0.3) is 0 Å². The fourth-order valence-corrected chi connectivity index (χ4v) is 5.69. The van der Waals surface area contributed by atoms with Gasteiger partial charge in [-0.05, 0) is 41.5 Å². The Bertz CT molecular complexity index is 1390. The number of ether oxygens (including phenoxy) is 1. The highest BCUT2D eigenvalue weighted by Crippen LogP contribution is 2.46. The molecule has 1 aliphatic rings. The average molecular weight is 501 g/mol. The zero-order valence-electron chi connectivity index (χ0n) is 17.6. The summed E-state index contributed by atoms with van der Waals surface area (Å²) in [7, 11) is -3.38. The van der Waals surface area contributed by atoms with Crippen LogP contribution < -0.4 is 0 Å². The Morgan fingerprint density at radius 2 is 1.65 bits per heavy atom. The molecular weight excluding hydrogens is 484 g/mol. The van der Waals surface area contributed by atoms with E-state index in [2.05, 4.69) is 0 Å². The van der Waals surface area contributed by atoms with Gasteiger partial charge in [-0.25, -0.2) is 12.7 Å². The van der Waals surface area contributed by atoms with Gasteiger partial charge in [-0.3, -0.25) is 19.7 Å². The van der Waals surface area contributed by atoms with Gasteiger partial charge >= 0.3 is 5.97 Å². The van der Waals surface area contributed by atoms with Crippen LogP contribution in [-0.2, 0) is 19.6 Å². The molecule has 174 valence electrons. The summed E-state index contributed by atoms with van der Waals surface area (Å²) in [5.74, 6) is -2.73. The number of nitro benzene ring substituents is 1. The van der Waals surface area contributed by atoms with Gasteiger partial charge < -0.3 is 4.74 Å². The Labute approximate surface area is 199 Å². The minimum atomic E-state index is -4.56. The van der Waals surface area contributed by atoms with Crippen LogP contribution in [-0.4, -0.2) is 36.6 Å². The predicted octanol–water partition coefficient (Wildman–Crippen LogP) is 4.09. The van der Waals surface area contributed by atoms with E-state index < -0.39 is 38.8 Å². The van der Waals surface area contributed by atoms with E-state index in [9.17, 15) is 28.1 Å². The third-order valence-electron chi connectivity index (χ3n) is 5.57. The monoisotopic (exact) mass is 500 g/mol. The SMILES string of the molecule is COC(=O)[C@@H]1c2ccccc2C(=O)N(S(=O)(=O)c2ccc([N+](=O)[O-])cc2)[C@H]1c1ccc(Cl)cc1. The number of benzene rings is 3. The van der Waals surface area contributed by atoms with Crippen LogP contribution in [0.5, 0.6) is 0 Å². The van der Waals surface area contributed by atoms with Gasteiger partial charge in [0, 0.05) is 22.7 Å². The number of carbonyl (C=O) groups is 2. The third kappa shape index (κ3) is 3.91. The van der Waals surface area contributed by atoms with Crippen LogP contribution in [0, 0.1) is 10.1 Å². The number of hydrogen-bond donors (Lipinski definition) is 0. The molecule has 3 aromatic rings. The molecule has 0 bridgehead atoms. The van der Waals surface area contributed by atoms with Gasteiger partial charge in [-0.1, -0.05) is 41.9 Å². The summed E-state index contributed by atoms with van der Waals surface area (Å²) >= 11 is 6.00. The molecule has 9 nitrogen and oxygen atoms in total. The van der Waals surface area contributed by atoms with Crippen molar-refractivity contribution in [3.63, 3.8) is 0 Å². The number of methoxy groups -OCH3 is 1. The summed E-state index contributed by atoms with van der Waals surface area (Å²) < 4.78 is 33.1. The number of nitro groups is 1. The third-order valence-corrected chi connectivity index (χ3v) is 7.60. The molecule has 0 aromatic heterocycles. The Balaban J connectivity index is 1.97. The largest absolute Gasteiger partial charge is 0.468 e. The molecule has 2 atom stereocenters. The van der Waals surface area contributed by atoms with Crippen molar-refractivity contribution in [1.29, 1.82) is 0 Å². The van der Waals surface area contributed by atoms with E-state index >= 15 is 0 Å². The van der Waals surface area contributed by atoms with Gasteiger partial charge in [-0.15, -0.1) is 0 Å². The molecule has 1 heterocycles. The summed E-state index contributed by atoms with van der Waals surface area (Å²) in [6.07, 6.45) is 0. The molecule has 0 spiro atoms. The van der Waals surface area contributed by atoms with E-state index in [0.29, 0.717) is 20.5 Å². The average Bonchev–Trinajstić information content (AvgIpc) is 2.84. The predicted molar refractivity (Wildman–Crippen MR) is 122 cm³/mol. The van der Waals surface area contributed by atoms with Crippen molar-refractivity contribution < 1.29 is 27.7 Å². The van der Waals surface area contributed by atoms with Crippen LogP contribution in [0.2, 0.25) is 5.02 Å². The Morgan fingerprint density at radius 3 is 2.24 bits per heavy atom. The molecule has 34 heavy (non-hydrogen) atoms. The van der Waals surface area contributed by atoms with Gasteiger partial charge in [-0.2, -0.15) is 0 Å². The normalized spacial score (nSPS) is 17.7. The molecule has 0 N–H and O–H groups in total. The number of hydrogen-bond acceptors (Lipinski definition) is 7. The number of esters is 1. The van der Waals surface area contributed by atoms with Gasteiger partial charge in [0.25, 0.3) is 21.6 Å². The molecule has 0 saturated carbocycles. The molecule has 1 aliphatic heterocycles. The standard InChI is InChI=1S/C23H17ClN2O7S/c1-33-23(28)20-18-4-2-3-5-19(18)22(27)25(21(20)14-6-8-15(24)9-7-14)34(31,32)17-12-10-16(11-13-17)26(29)30/h2-13,20-21H,1H3/t20-,21+/m1/s1. The zero-order valence-corrected chi connectivity index (χ0v) is 19.2. The highest BCUT2D eigenvalue weighted by atomic mass is 35.5. The highest BCUT2D eigenvalue weighted by molar-refractivity contribution is 7.89. The summed E-state index contributed by atoms with van der Waals surface area (Å²) in [4.78, 5) is 36.5. The maximum Gasteiger partial charge on any atom is 0.315 e. The number of rotatable bonds is 5. The Kier molecular flexibility index (Phi) is 6.11. The fraction of sp³-hybridized carbons (Fsp3) is 0.130. The smallest absolute Gasteiger partial charge is 0.315 e. The highest BCUT2D eigenvalue weighted by Gasteiger charge is 2.50. The molecule has 0 aliphatic carbocycles. The quantitative estimate of drug-likeness (QED) is 0.293. The van der Waals surface area contributed by atoms with Crippen molar-refractivity contribution in [3.8, 4) is 0 Å². The molecule has 0 saturated heterocycles. The molecular formula is C23H17ClN2O7S. The molecule has 11 heteroatoms. The van der Waals surface area contributed by atoms with Gasteiger partial charge in [0.2, 0.25) is 0 Å². The number of carbonyl (C=O) groups excluding carboxylic acids is 2. The molecule has 1 amide bonds. The lowest BCUT2D eigenvalue weighted by atomic mass is 9.81. The maximum absolute atomic E-state index is 13.8. The zero-order chi connectivity index (χ0) is 24.6. The maximum atomic E-state index is 13.8. The van der Waals surface area contributed by atoms with Crippen molar-refractivity contribution in [2.24, 2.45) is 0 Å². The first-order valence-electron chi connectivity index (χ1n) is 9.92. The fourth-order valence-electron chi connectivity index (χ4n) is 4.00.